The van der Waals surface area contributed by atoms with Gasteiger partial charge < -0.3 is 10.1 Å². The first-order valence-electron chi connectivity index (χ1n) is 8.91. The van der Waals surface area contributed by atoms with E-state index in [1.54, 1.807) is 4.90 Å². The number of fused-ring (bicyclic) bond motifs is 1. The molecule has 2 saturated carbocycles. The molecule has 122 valence electrons. The minimum atomic E-state index is -0.563. The largest absolute Gasteiger partial charge is 0.600 e. The van der Waals surface area contributed by atoms with E-state index in [1.165, 1.54) is 32.1 Å². The van der Waals surface area contributed by atoms with Gasteiger partial charge in [0, 0.05) is 32.2 Å². The Morgan fingerprint density at radius 3 is 2.57 bits per heavy atom. The Morgan fingerprint density at radius 2 is 1.81 bits per heavy atom. The van der Waals surface area contributed by atoms with Crippen molar-refractivity contribution in [3.8, 4) is 0 Å². The van der Waals surface area contributed by atoms with Crippen molar-refractivity contribution < 1.29 is 15.3 Å². The van der Waals surface area contributed by atoms with Crippen LogP contribution in [0.4, 0.5) is 0 Å². The summed E-state index contributed by atoms with van der Waals surface area (Å²) in [6, 6.07) is 1.37. The molecule has 0 spiro atoms. The quantitative estimate of drug-likeness (QED) is 0.633. The van der Waals surface area contributed by atoms with Crippen molar-refractivity contribution >= 4 is 0 Å². The lowest BCUT2D eigenvalue weighted by atomic mass is 9.83. The van der Waals surface area contributed by atoms with Gasteiger partial charge in [-0.05, 0) is 25.7 Å². The summed E-state index contributed by atoms with van der Waals surface area (Å²) in [5.41, 5.74) is 0. The summed E-state index contributed by atoms with van der Waals surface area (Å²) in [5.74, 6) is 0.368. The maximum atomic E-state index is 11.5. The van der Waals surface area contributed by atoms with Crippen LogP contribution in [0.25, 0.3) is 0 Å². The van der Waals surface area contributed by atoms with Gasteiger partial charge in [0.15, 0.2) is 0 Å². The van der Waals surface area contributed by atoms with Crippen LogP contribution in [0.5, 0.6) is 0 Å². The molecule has 7 unspecified atom stereocenters. The Labute approximate surface area is 128 Å². The van der Waals surface area contributed by atoms with Crippen LogP contribution in [-0.4, -0.2) is 48.0 Å². The monoisotopic (exact) mass is 298 g/mol. The number of rotatable bonds is 3. The normalized spacial score (nSPS) is 46.3. The van der Waals surface area contributed by atoms with Crippen molar-refractivity contribution in [3.05, 3.63) is 5.21 Å². The molecule has 0 aromatic rings. The Bertz CT molecular complexity index is 352. The van der Waals surface area contributed by atoms with Crippen molar-refractivity contribution in [2.75, 3.05) is 13.6 Å². The molecule has 1 aliphatic heterocycles. The highest BCUT2D eigenvalue weighted by Gasteiger charge is 2.49. The molecule has 3 fully saturated rings. The van der Waals surface area contributed by atoms with Crippen LogP contribution in [0.1, 0.15) is 58.3 Å². The average Bonchev–Trinajstić information content (AvgIpc) is 2.73. The van der Waals surface area contributed by atoms with Gasteiger partial charge in [-0.2, -0.15) is 0 Å². The molecule has 3 aliphatic rings. The van der Waals surface area contributed by atoms with Gasteiger partial charge in [-0.3, -0.25) is 0 Å². The van der Waals surface area contributed by atoms with Crippen LogP contribution in [0.3, 0.4) is 0 Å². The second-order valence-corrected chi connectivity index (χ2v) is 7.56. The zero-order valence-corrected chi connectivity index (χ0v) is 13.6. The van der Waals surface area contributed by atoms with Crippen molar-refractivity contribution in [1.29, 1.82) is 0 Å². The lowest BCUT2D eigenvalue weighted by molar-refractivity contribution is -1.07. The zero-order chi connectivity index (χ0) is 15.0. The first kappa shape index (κ1) is 15.7. The Balaban J connectivity index is 1.70. The van der Waals surface area contributed by atoms with E-state index in [0.717, 1.165) is 31.8 Å². The van der Waals surface area contributed by atoms with Crippen molar-refractivity contribution in [3.63, 3.8) is 0 Å². The summed E-state index contributed by atoms with van der Waals surface area (Å²) < 4.78 is 0. The van der Waals surface area contributed by atoms with Gasteiger partial charge in [-0.25, -0.2) is 15.3 Å². The van der Waals surface area contributed by atoms with E-state index in [2.05, 4.69) is 18.9 Å². The highest BCUT2D eigenvalue weighted by molar-refractivity contribution is 4.90. The van der Waals surface area contributed by atoms with Crippen LogP contribution in [0.15, 0.2) is 0 Å². The lowest BCUT2D eigenvalue weighted by Crippen LogP contribution is -3.15. The van der Waals surface area contributed by atoms with E-state index >= 15 is 0 Å². The molecule has 2 aliphatic carbocycles. The standard InChI is InChI=1S/C16H31N3O2/c1-12-17(2)15-9-5-6-10-16(15)18(12)11-13-7-3-4-8-14(13)19(20)21/h12-16,19-20H,3-11H2,1-2H3/p+1. The Morgan fingerprint density at radius 1 is 1.14 bits per heavy atom. The van der Waals surface area contributed by atoms with Crippen LogP contribution in [0.2, 0.25) is 0 Å². The number of hydrogen-bond donors (Lipinski definition) is 3. The molecule has 0 bridgehead atoms. The molecule has 3 rings (SSSR count). The Hall–Kier alpha value is -0.200. The van der Waals surface area contributed by atoms with Gasteiger partial charge in [0.2, 0.25) is 0 Å². The number of likely N-dealkylation sites (N-methyl/N-ethyl adjacent to an activating group) is 1. The maximum Gasteiger partial charge on any atom is 0.141 e. The SMILES string of the molecule is CC1N(CC2CCCCC2[NH+]([O-])O)C2CCCCC2[NH+]1C. The van der Waals surface area contributed by atoms with Crippen LogP contribution in [0, 0.1) is 11.1 Å². The molecule has 21 heavy (non-hydrogen) atoms. The van der Waals surface area contributed by atoms with Crippen LogP contribution >= 0.6 is 0 Å². The summed E-state index contributed by atoms with van der Waals surface area (Å²) in [6.45, 7) is 3.35. The summed E-state index contributed by atoms with van der Waals surface area (Å²) >= 11 is 0. The smallest absolute Gasteiger partial charge is 0.141 e. The third-order valence-corrected chi connectivity index (χ3v) is 6.57. The third kappa shape index (κ3) is 2.99. The fourth-order valence-corrected chi connectivity index (χ4v) is 5.21. The predicted molar refractivity (Wildman–Crippen MR) is 81.0 cm³/mol. The summed E-state index contributed by atoms with van der Waals surface area (Å²) in [4.78, 5) is 4.33. The van der Waals surface area contributed by atoms with E-state index in [1.807, 2.05) is 0 Å². The molecule has 1 heterocycles. The fourth-order valence-electron chi connectivity index (χ4n) is 5.21. The molecule has 0 aromatic heterocycles. The molecule has 0 amide bonds. The molecule has 0 aromatic carbocycles. The van der Waals surface area contributed by atoms with Crippen LogP contribution in [-0.2, 0) is 0 Å². The fraction of sp³-hybridized carbons (Fsp3) is 1.00. The zero-order valence-electron chi connectivity index (χ0n) is 13.6. The second-order valence-electron chi connectivity index (χ2n) is 7.56. The third-order valence-electron chi connectivity index (χ3n) is 6.57. The molecular weight excluding hydrogens is 266 g/mol. The minimum Gasteiger partial charge on any atom is -0.600 e. The van der Waals surface area contributed by atoms with Gasteiger partial charge in [0.1, 0.15) is 18.2 Å². The first-order chi connectivity index (χ1) is 10.1. The predicted octanol–water partition coefficient (Wildman–Crippen LogP) is -0.195. The average molecular weight is 298 g/mol. The highest BCUT2D eigenvalue weighted by atomic mass is 16.8. The van der Waals surface area contributed by atoms with Gasteiger partial charge in [-0.1, -0.05) is 12.8 Å². The maximum absolute atomic E-state index is 11.5. The molecular formula is C16H32N3O2+. The van der Waals surface area contributed by atoms with Crippen LogP contribution < -0.4 is 10.1 Å². The van der Waals surface area contributed by atoms with Gasteiger partial charge >= 0.3 is 0 Å². The molecule has 3 N–H and O–H groups in total. The summed E-state index contributed by atoms with van der Waals surface area (Å²) in [5, 5.41) is 20.5. The number of hydrogen-bond acceptors (Lipinski definition) is 3. The summed E-state index contributed by atoms with van der Waals surface area (Å²) in [7, 11) is 2.34. The second kappa shape index (κ2) is 6.50. The lowest BCUT2D eigenvalue weighted by Gasteiger charge is -2.38. The molecule has 7 atom stereocenters. The minimum absolute atomic E-state index is 0.103. The van der Waals surface area contributed by atoms with Gasteiger partial charge in [-0.15, -0.1) is 0 Å². The number of nitrogens with one attached hydrogen (secondary N) is 2. The number of quaternary nitrogens is 2. The first-order valence-corrected chi connectivity index (χ1v) is 8.91. The topological polar surface area (TPSA) is 55.4 Å². The highest BCUT2D eigenvalue weighted by Crippen LogP contribution is 2.30. The molecule has 0 radical (unpaired) electrons. The van der Waals surface area contributed by atoms with E-state index in [9.17, 15) is 10.4 Å². The number of nitrogens with zero attached hydrogens (tertiary/aromatic N) is 1. The van der Waals surface area contributed by atoms with Crippen molar-refractivity contribution in [1.82, 2.24) is 4.90 Å². The van der Waals surface area contributed by atoms with E-state index in [0.29, 0.717) is 18.1 Å². The molecule has 5 heteroatoms. The van der Waals surface area contributed by atoms with Crippen molar-refractivity contribution in [2.24, 2.45) is 5.92 Å². The van der Waals surface area contributed by atoms with Crippen molar-refractivity contribution in [2.45, 2.75) is 82.6 Å². The van der Waals surface area contributed by atoms with E-state index in [-0.39, 0.29) is 6.04 Å². The molecule has 5 nitrogen and oxygen atoms in total. The molecule has 1 saturated heterocycles. The van der Waals surface area contributed by atoms with Gasteiger partial charge in [0.05, 0.1) is 13.1 Å². The van der Waals surface area contributed by atoms with Gasteiger partial charge in [0.25, 0.3) is 0 Å². The number of hydroxylamine groups is 2. The van der Waals surface area contributed by atoms with E-state index < -0.39 is 5.23 Å². The Kier molecular flexibility index (Phi) is 4.86. The summed E-state index contributed by atoms with van der Waals surface area (Å²) in [6.07, 6.45) is 10.3. The van der Waals surface area contributed by atoms with E-state index in [4.69, 9.17) is 0 Å².